The minimum absolute atomic E-state index is 0.489. The molecule has 1 aromatic heterocycles. The van der Waals surface area contributed by atoms with Gasteiger partial charge in [0.05, 0.1) is 0 Å². The van der Waals surface area contributed by atoms with E-state index in [1.165, 1.54) is 11.3 Å². The van der Waals surface area contributed by atoms with E-state index >= 15 is 0 Å². The van der Waals surface area contributed by atoms with Crippen molar-refractivity contribution in [2.24, 2.45) is 11.8 Å². The van der Waals surface area contributed by atoms with Gasteiger partial charge in [-0.15, -0.1) is 11.3 Å². The van der Waals surface area contributed by atoms with Crippen LogP contribution < -0.4 is 5.32 Å². The van der Waals surface area contributed by atoms with E-state index in [4.69, 9.17) is 0 Å². The summed E-state index contributed by atoms with van der Waals surface area (Å²) in [5, 5.41) is 3.08. The van der Waals surface area contributed by atoms with Crippen molar-refractivity contribution in [1.29, 1.82) is 0 Å². The quantitative estimate of drug-likeness (QED) is 0.908. The first-order chi connectivity index (χ1) is 9.36. The van der Waals surface area contributed by atoms with E-state index in [9.17, 15) is 8.42 Å². The standard InChI is InChI=1S/C14H24N2O2S2/c1-10(2)12-5-6-16(9-12)20(17,18)14-7-11(3)13(19-14)8-15-4/h7,10,12,15H,5-6,8-9H2,1-4H3. The van der Waals surface area contributed by atoms with Gasteiger partial charge in [0, 0.05) is 24.5 Å². The Morgan fingerprint density at radius 3 is 2.75 bits per heavy atom. The number of aryl methyl sites for hydroxylation is 1. The fourth-order valence-electron chi connectivity index (χ4n) is 2.60. The molecule has 1 atom stereocenters. The average molecular weight is 316 g/mol. The Balaban J connectivity index is 2.21. The van der Waals surface area contributed by atoms with Crippen molar-refractivity contribution in [3.63, 3.8) is 0 Å². The van der Waals surface area contributed by atoms with Crippen LogP contribution >= 0.6 is 11.3 Å². The van der Waals surface area contributed by atoms with E-state index in [0.717, 1.165) is 23.4 Å². The lowest BCUT2D eigenvalue weighted by Crippen LogP contribution is -2.28. The highest BCUT2D eigenvalue weighted by atomic mass is 32.2. The summed E-state index contributed by atoms with van der Waals surface area (Å²) in [7, 11) is -1.43. The molecule has 1 N–H and O–H groups in total. The van der Waals surface area contributed by atoms with Gasteiger partial charge in [-0.25, -0.2) is 8.42 Å². The summed E-state index contributed by atoms with van der Waals surface area (Å²) in [5.41, 5.74) is 1.06. The molecule has 1 fully saturated rings. The van der Waals surface area contributed by atoms with Gasteiger partial charge in [-0.05, 0) is 43.9 Å². The van der Waals surface area contributed by atoms with Gasteiger partial charge in [-0.1, -0.05) is 13.8 Å². The number of hydrogen-bond donors (Lipinski definition) is 1. The fraction of sp³-hybridized carbons (Fsp3) is 0.714. The van der Waals surface area contributed by atoms with Crippen LogP contribution in [0.1, 0.15) is 30.7 Å². The predicted molar refractivity (Wildman–Crippen MR) is 83.5 cm³/mol. The van der Waals surface area contributed by atoms with Gasteiger partial charge in [-0.2, -0.15) is 4.31 Å². The second-order valence-corrected chi connectivity index (χ2v) is 9.16. The van der Waals surface area contributed by atoms with Crippen LogP contribution in [-0.4, -0.2) is 32.9 Å². The zero-order valence-electron chi connectivity index (χ0n) is 12.6. The van der Waals surface area contributed by atoms with Crippen molar-refractivity contribution in [2.45, 2.75) is 37.9 Å². The van der Waals surface area contributed by atoms with Crippen molar-refractivity contribution in [3.05, 3.63) is 16.5 Å². The SMILES string of the molecule is CNCc1sc(S(=O)(=O)N2CCC(C(C)C)C2)cc1C. The second-order valence-electron chi connectivity index (χ2n) is 5.86. The summed E-state index contributed by atoms with van der Waals surface area (Å²) in [6.07, 6.45) is 0.977. The number of rotatable bonds is 5. The van der Waals surface area contributed by atoms with E-state index in [1.54, 1.807) is 4.31 Å². The highest BCUT2D eigenvalue weighted by Crippen LogP contribution is 2.33. The molecule has 6 heteroatoms. The van der Waals surface area contributed by atoms with Gasteiger partial charge in [0.2, 0.25) is 0 Å². The Kier molecular flexibility index (Phi) is 4.89. The molecule has 0 bridgehead atoms. The third-order valence-electron chi connectivity index (χ3n) is 4.06. The van der Waals surface area contributed by atoms with Gasteiger partial charge >= 0.3 is 0 Å². The Morgan fingerprint density at radius 1 is 1.50 bits per heavy atom. The van der Waals surface area contributed by atoms with Crippen LogP contribution in [0, 0.1) is 18.8 Å². The molecule has 0 radical (unpaired) electrons. The van der Waals surface area contributed by atoms with Crippen LogP contribution in [0.15, 0.2) is 10.3 Å². The minimum Gasteiger partial charge on any atom is -0.315 e. The number of sulfonamides is 1. The third-order valence-corrected chi connectivity index (χ3v) is 7.61. The lowest BCUT2D eigenvalue weighted by molar-refractivity contribution is 0.389. The summed E-state index contributed by atoms with van der Waals surface area (Å²) in [6.45, 7) is 8.35. The Hall–Kier alpha value is -0.430. The summed E-state index contributed by atoms with van der Waals surface area (Å²) < 4.78 is 27.5. The zero-order valence-corrected chi connectivity index (χ0v) is 14.3. The normalized spacial score (nSPS) is 20.9. The van der Waals surface area contributed by atoms with Crippen molar-refractivity contribution < 1.29 is 8.42 Å². The molecule has 1 aliphatic heterocycles. The molecule has 114 valence electrons. The lowest BCUT2D eigenvalue weighted by atomic mass is 9.96. The summed E-state index contributed by atoms with van der Waals surface area (Å²) in [6, 6.07) is 1.81. The largest absolute Gasteiger partial charge is 0.315 e. The number of hydrogen-bond acceptors (Lipinski definition) is 4. The molecule has 20 heavy (non-hydrogen) atoms. The van der Waals surface area contributed by atoms with Gasteiger partial charge in [-0.3, -0.25) is 0 Å². The van der Waals surface area contributed by atoms with Gasteiger partial charge < -0.3 is 5.32 Å². The first kappa shape index (κ1) is 15.9. The van der Waals surface area contributed by atoms with Crippen LogP contribution in [0.3, 0.4) is 0 Å². The maximum atomic E-state index is 12.7. The molecule has 0 saturated carbocycles. The fourth-order valence-corrected chi connectivity index (χ4v) is 5.86. The molecular formula is C14H24N2O2S2. The zero-order chi connectivity index (χ0) is 14.9. The monoisotopic (exact) mass is 316 g/mol. The van der Waals surface area contributed by atoms with Gasteiger partial charge in [0.15, 0.2) is 0 Å². The van der Waals surface area contributed by atoms with Crippen LogP contribution in [0.2, 0.25) is 0 Å². The average Bonchev–Trinajstić information content (AvgIpc) is 2.98. The molecule has 1 unspecified atom stereocenters. The molecular weight excluding hydrogens is 292 g/mol. The Morgan fingerprint density at radius 2 is 2.20 bits per heavy atom. The molecule has 2 rings (SSSR count). The topological polar surface area (TPSA) is 49.4 Å². The molecule has 1 aliphatic rings. The van der Waals surface area contributed by atoms with Crippen molar-refractivity contribution in [2.75, 3.05) is 20.1 Å². The molecule has 4 nitrogen and oxygen atoms in total. The van der Waals surface area contributed by atoms with Crippen molar-refractivity contribution in [1.82, 2.24) is 9.62 Å². The molecule has 0 aromatic carbocycles. The summed E-state index contributed by atoms with van der Waals surface area (Å²) >= 11 is 1.40. The minimum atomic E-state index is -3.30. The summed E-state index contributed by atoms with van der Waals surface area (Å²) in [4.78, 5) is 1.10. The Bertz CT molecular complexity index is 564. The maximum Gasteiger partial charge on any atom is 0.252 e. The number of nitrogens with zero attached hydrogens (tertiary/aromatic N) is 1. The summed E-state index contributed by atoms with van der Waals surface area (Å²) in [5.74, 6) is 1.03. The van der Waals surface area contributed by atoms with Crippen molar-refractivity contribution >= 4 is 21.4 Å². The number of nitrogens with one attached hydrogen (secondary N) is 1. The van der Waals surface area contributed by atoms with Gasteiger partial charge in [0.25, 0.3) is 10.0 Å². The smallest absolute Gasteiger partial charge is 0.252 e. The first-order valence-corrected chi connectivity index (χ1v) is 9.36. The van der Waals surface area contributed by atoms with Crippen LogP contribution in [0.4, 0.5) is 0 Å². The lowest BCUT2D eigenvalue weighted by Gasteiger charge is -2.17. The molecule has 0 amide bonds. The van der Waals surface area contributed by atoms with Gasteiger partial charge in [0.1, 0.15) is 4.21 Å². The third kappa shape index (κ3) is 3.08. The number of thiophene rings is 1. The van der Waals surface area contributed by atoms with E-state index in [2.05, 4.69) is 19.2 Å². The highest BCUT2D eigenvalue weighted by molar-refractivity contribution is 7.91. The van der Waals surface area contributed by atoms with Crippen LogP contribution in [0.25, 0.3) is 0 Å². The van der Waals surface area contributed by atoms with Crippen molar-refractivity contribution in [3.8, 4) is 0 Å². The Labute approximate surface area is 126 Å². The molecule has 0 aliphatic carbocycles. The van der Waals surface area contributed by atoms with E-state index in [0.29, 0.717) is 29.1 Å². The predicted octanol–water partition coefficient (Wildman–Crippen LogP) is 2.44. The second kappa shape index (κ2) is 6.13. The van der Waals surface area contributed by atoms with E-state index in [-0.39, 0.29) is 0 Å². The first-order valence-electron chi connectivity index (χ1n) is 7.10. The van der Waals surface area contributed by atoms with Crippen LogP contribution in [0.5, 0.6) is 0 Å². The van der Waals surface area contributed by atoms with E-state index < -0.39 is 10.0 Å². The molecule has 0 spiro atoms. The molecule has 2 heterocycles. The van der Waals surface area contributed by atoms with E-state index in [1.807, 2.05) is 20.0 Å². The molecule has 1 saturated heterocycles. The highest BCUT2D eigenvalue weighted by Gasteiger charge is 2.34. The van der Waals surface area contributed by atoms with Crippen LogP contribution in [-0.2, 0) is 16.6 Å². The maximum absolute atomic E-state index is 12.7. The molecule has 1 aromatic rings.